The maximum Gasteiger partial charge on any atom is 0.241 e. The quantitative estimate of drug-likeness (QED) is 0.417. The molecule has 0 spiro atoms. The zero-order valence-electron chi connectivity index (χ0n) is 10.8. The number of benzene rings is 1. The van der Waals surface area contributed by atoms with Crippen molar-refractivity contribution in [3.8, 4) is 0 Å². The zero-order valence-corrected chi connectivity index (χ0v) is 12.4. The highest BCUT2D eigenvalue weighted by Crippen LogP contribution is 2.23. The van der Waals surface area contributed by atoms with Crippen molar-refractivity contribution >= 4 is 27.5 Å². The maximum atomic E-state index is 12.2. The normalized spacial score (nSPS) is 11.6. The van der Waals surface area contributed by atoms with Crippen LogP contribution in [0, 0.1) is 13.8 Å². The third-order valence-corrected chi connectivity index (χ3v) is 4.87. The molecule has 18 heavy (non-hydrogen) atoms. The molecular weight excluding hydrogens is 270 g/mol. The van der Waals surface area contributed by atoms with Crippen LogP contribution in [0.25, 0.3) is 0 Å². The molecule has 0 atom stereocenters. The second-order valence-corrected chi connectivity index (χ2v) is 6.66. The van der Waals surface area contributed by atoms with Crippen LogP contribution in [0.15, 0.2) is 17.0 Å². The molecule has 1 aromatic rings. The number of nitrogens with two attached hydrogens (primary N) is 1. The van der Waals surface area contributed by atoms with Gasteiger partial charge in [-0.3, -0.25) is 5.84 Å². The number of nitrogen functional groups attached to an aromatic ring is 1. The summed E-state index contributed by atoms with van der Waals surface area (Å²) in [5.41, 5.74) is 4.58. The summed E-state index contributed by atoms with van der Waals surface area (Å²) in [6.45, 7) is 3.95. The number of sulfonamides is 1. The van der Waals surface area contributed by atoms with E-state index >= 15 is 0 Å². The monoisotopic (exact) mass is 289 g/mol. The van der Waals surface area contributed by atoms with E-state index < -0.39 is 10.0 Å². The highest BCUT2D eigenvalue weighted by Gasteiger charge is 2.19. The molecule has 0 unspecified atom stereocenters. The van der Waals surface area contributed by atoms with E-state index in [0.29, 0.717) is 28.3 Å². The van der Waals surface area contributed by atoms with Gasteiger partial charge in [-0.05, 0) is 43.4 Å². The van der Waals surface area contributed by atoms with Crippen molar-refractivity contribution in [3.05, 3.63) is 23.3 Å². The highest BCUT2D eigenvalue weighted by atomic mass is 32.2. The van der Waals surface area contributed by atoms with E-state index in [2.05, 4.69) is 10.1 Å². The van der Waals surface area contributed by atoms with Gasteiger partial charge < -0.3 is 5.43 Å². The molecular formula is C11H19N3O2S2. The molecule has 0 radical (unpaired) electrons. The van der Waals surface area contributed by atoms with Crippen molar-refractivity contribution in [1.82, 2.24) is 4.72 Å². The van der Waals surface area contributed by atoms with Gasteiger partial charge in [-0.1, -0.05) is 0 Å². The van der Waals surface area contributed by atoms with Crippen LogP contribution in [0.5, 0.6) is 0 Å². The Morgan fingerprint density at radius 1 is 1.28 bits per heavy atom. The van der Waals surface area contributed by atoms with E-state index in [1.54, 1.807) is 37.7 Å². The molecule has 7 heteroatoms. The highest BCUT2D eigenvalue weighted by molar-refractivity contribution is 7.98. The largest absolute Gasteiger partial charge is 0.324 e. The van der Waals surface area contributed by atoms with Gasteiger partial charge >= 0.3 is 0 Å². The minimum absolute atomic E-state index is 0.336. The van der Waals surface area contributed by atoms with Crippen LogP contribution in [0.1, 0.15) is 11.1 Å². The summed E-state index contributed by atoms with van der Waals surface area (Å²) in [4.78, 5) is 0.336. The molecule has 0 aliphatic carbocycles. The molecule has 0 heterocycles. The van der Waals surface area contributed by atoms with Crippen molar-refractivity contribution in [2.24, 2.45) is 5.84 Å². The van der Waals surface area contributed by atoms with Crippen LogP contribution in [0.3, 0.4) is 0 Å². The van der Waals surface area contributed by atoms with Crippen molar-refractivity contribution in [2.45, 2.75) is 18.7 Å². The molecule has 0 aliphatic heterocycles. The van der Waals surface area contributed by atoms with E-state index in [-0.39, 0.29) is 0 Å². The Morgan fingerprint density at radius 2 is 1.83 bits per heavy atom. The number of hydrogen-bond acceptors (Lipinski definition) is 5. The molecule has 0 saturated heterocycles. The Bertz CT molecular complexity index is 492. The Balaban J connectivity index is 3.09. The molecule has 102 valence electrons. The molecule has 0 aromatic heterocycles. The van der Waals surface area contributed by atoms with Crippen LogP contribution in [-0.2, 0) is 10.0 Å². The molecule has 1 rings (SSSR count). The lowest BCUT2D eigenvalue weighted by Gasteiger charge is -2.13. The lowest BCUT2D eigenvalue weighted by atomic mass is 10.1. The second-order valence-electron chi connectivity index (χ2n) is 3.97. The van der Waals surface area contributed by atoms with E-state index in [1.807, 2.05) is 6.26 Å². The summed E-state index contributed by atoms with van der Waals surface area (Å²) in [5, 5.41) is 0. The number of anilines is 1. The van der Waals surface area contributed by atoms with Crippen LogP contribution in [-0.4, -0.2) is 27.0 Å². The van der Waals surface area contributed by atoms with Gasteiger partial charge in [0.05, 0.1) is 4.90 Å². The number of rotatable bonds is 6. The van der Waals surface area contributed by atoms with Crippen LogP contribution < -0.4 is 16.0 Å². The summed E-state index contributed by atoms with van der Waals surface area (Å²) < 4.78 is 26.9. The van der Waals surface area contributed by atoms with Gasteiger partial charge in [-0.25, -0.2) is 13.1 Å². The first kappa shape index (κ1) is 15.3. The predicted octanol–water partition coefficient (Wildman–Crippen LogP) is 1.23. The SMILES string of the molecule is CSCCNS(=O)(=O)c1c(C)cc(NN)cc1C. The molecule has 5 nitrogen and oxygen atoms in total. The van der Waals surface area contributed by atoms with Gasteiger partial charge in [0.2, 0.25) is 10.0 Å². The van der Waals surface area contributed by atoms with E-state index in [4.69, 9.17) is 5.84 Å². The van der Waals surface area contributed by atoms with E-state index in [0.717, 1.165) is 5.75 Å². The number of aryl methyl sites for hydroxylation is 2. The van der Waals surface area contributed by atoms with Crippen LogP contribution in [0.2, 0.25) is 0 Å². The summed E-state index contributed by atoms with van der Waals surface area (Å²) in [6, 6.07) is 3.44. The van der Waals surface area contributed by atoms with Gasteiger partial charge in [0.1, 0.15) is 0 Å². The van der Waals surface area contributed by atoms with Gasteiger partial charge in [-0.15, -0.1) is 0 Å². The van der Waals surface area contributed by atoms with Gasteiger partial charge in [-0.2, -0.15) is 11.8 Å². The van der Waals surface area contributed by atoms with Crippen molar-refractivity contribution in [1.29, 1.82) is 0 Å². The van der Waals surface area contributed by atoms with Crippen molar-refractivity contribution < 1.29 is 8.42 Å². The van der Waals surface area contributed by atoms with E-state index in [9.17, 15) is 8.42 Å². The number of hydrazine groups is 1. The van der Waals surface area contributed by atoms with Crippen molar-refractivity contribution in [2.75, 3.05) is 24.0 Å². The first-order valence-corrected chi connectivity index (χ1v) is 8.36. The third-order valence-electron chi connectivity index (χ3n) is 2.49. The van der Waals surface area contributed by atoms with Gasteiger partial charge in [0.15, 0.2) is 0 Å². The Morgan fingerprint density at radius 3 is 2.28 bits per heavy atom. The fraction of sp³-hybridized carbons (Fsp3) is 0.455. The van der Waals surface area contributed by atoms with Gasteiger partial charge in [0.25, 0.3) is 0 Å². The smallest absolute Gasteiger partial charge is 0.241 e. The zero-order chi connectivity index (χ0) is 13.8. The van der Waals surface area contributed by atoms with Crippen LogP contribution >= 0.6 is 11.8 Å². The molecule has 0 saturated carbocycles. The summed E-state index contributed by atoms with van der Waals surface area (Å²) in [6.07, 6.45) is 1.94. The number of nitrogens with one attached hydrogen (secondary N) is 2. The standard InChI is InChI=1S/C11H19N3O2S2/c1-8-6-10(14-12)7-9(2)11(8)18(15,16)13-4-5-17-3/h6-7,13-14H,4-5,12H2,1-3H3. The molecule has 0 amide bonds. The lowest BCUT2D eigenvalue weighted by molar-refractivity contribution is 0.583. The predicted molar refractivity (Wildman–Crippen MR) is 77.3 cm³/mol. The Kier molecular flexibility index (Phi) is 5.46. The fourth-order valence-corrected chi connectivity index (χ4v) is 3.72. The Hall–Kier alpha value is -0.760. The summed E-state index contributed by atoms with van der Waals surface area (Å²) in [5.74, 6) is 6.08. The average Bonchev–Trinajstić information content (AvgIpc) is 2.27. The maximum absolute atomic E-state index is 12.2. The van der Waals surface area contributed by atoms with Gasteiger partial charge in [0, 0.05) is 18.0 Å². The molecule has 0 fully saturated rings. The molecule has 0 bridgehead atoms. The molecule has 4 N–H and O–H groups in total. The Labute approximate surface area is 113 Å². The van der Waals surface area contributed by atoms with Crippen molar-refractivity contribution in [3.63, 3.8) is 0 Å². The fourth-order valence-electron chi connectivity index (χ4n) is 1.81. The summed E-state index contributed by atoms with van der Waals surface area (Å²) >= 11 is 1.60. The molecule has 0 aliphatic rings. The average molecular weight is 289 g/mol. The number of thioether (sulfide) groups is 1. The first-order valence-electron chi connectivity index (χ1n) is 5.49. The van der Waals surface area contributed by atoms with Crippen LogP contribution in [0.4, 0.5) is 5.69 Å². The topological polar surface area (TPSA) is 84.2 Å². The number of hydrogen-bond donors (Lipinski definition) is 3. The minimum atomic E-state index is -3.45. The third kappa shape index (κ3) is 3.61. The lowest BCUT2D eigenvalue weighted by Crippen LogP contribution is -2.27. The minimum Gasteiger partial charge on any atom is -0.324 e. The van der Waals surface area contributed by atoms with E-state index in [1.165, 1.54) is 0 Å². The molecule has 1 aromatic carbocycles. The summed E-state index contributed by atoms with van der Waals surface area (Å²) in [7, 11) is -3.45. The second kappa shape index (κ2) is 6.42. The first-order chi connectivity index (χ1) is 8.42.